The molecule has 9 atom stereocenters. The molecule has 5 aliphatic rings. The second kappa shape index (κ2) is 13.3. The molecule has 0 amide bonds. The van der Waals surface area contributed by atoms with Gasteiger partial charge in [-0.25, -0.2) is 19.2 Å². The van der Waals surface area contributed by atoms with E-state index in [1.165, 1.54) is 42.0 Å². The van der Waals surface area contributed by atoms with E-state index in [1.54, 1.807) is 12.1 Å². The first-order valence-electron chi connectivity index (χ1n) is 20.1. The van der Waals surface area contributed by atoms with Gasteiger partial charge in [0.25, 0.3) is 0 Å². The Bertz CT molecular complexity index is 2030. The lowest BCUT2D eigenvalue weighted by molar-refractivity contribution is -0.231. The van der Waals surface area contributed by atoms with Crippen molar-refractivity contribution < 1.29 is 48.8 Å². The van der Waals surface area contributed by atoms with Crippen LogP contribution < -0.4 is 0 Å². The molecule has 7 rings (SSSR count). The highest BCUT2D eigenvalue weighted by Gasteiger charge is 2.71. The molecule has 10 nitrogen and oxygen atoms in total. The largest absolute Gasteiger partial charge is 0.481 e. The fourth-order valence-corrected chi connectivity index (χ4v) is 13.1. The van der Waals surface area contributed by atoms with E-state index < -0.39 is 58.3 Å². The number of hydrogen-bond donors (Lipinski definition) is 3. The molecule has 0 spiro atoms. The summed E-state index contributed by atoms with van der Waals surface area (Å²) in [5.74, 6) is -4.85. The average Bonchev–Trinajstić information content (AvgIpc) is 3.12. The Morgan fingerprint density at radius 1 is 0.643 bits per heavy atom. The summed E-state index contributed by atoms with van der Waals surface area (Å²) < 4.78 is 12.7. The summed E-state index contributed by atoms with van der Waals surface area (Å²) in [5.41, 5.74) is -1.77. The molecule has 4 fully saturated rings. The molecular weight excluding hydrogens is 712 g/mol. The van der Waals surface area contributed by atoms with Gasteiger partial charge in [0, 0.05) is 5.41 Å². The molecule has 4 saturated carbocycles. The molecular formula is C46H56O10. The van der Waals surface area contributed by atoms with Gasteiger partial charge in [-0.3, -0.25) is 4.79 Å². The lowest BCUT2D eigenvalue weighted by Crippen LogP contribution is -2.67. The third kappa shape index (κ3) is 5.82. The first-order valence-corrected chi connectivity index (χ1v) is 20.1. The highest BCUT2D eigenvalue weighted by molar-refractivity contribution is 6.03. The van der Waals surface area contributed by atoms with Crippen molar-refractivity contribution in [2.45, 2.75) is 118 Å². The summed E-state index contributed by atoms with van der Waals surface area (Å²) in [6, 6.07) is 11.7. The highest BCUT2D eigenvalue weighted by Crippen LogP contribution is 2.76. The van der Waals surface area contributed by atoms with Crippen molar-refractivity contribution in [1.29, 1.82) is 0 Å². The van der Waals surface area contributed by atoms with Crippen molar-refractivity contribution in [3.8, 4) is 0 Å². The Kier molecular flexibility index (Phi) is 9.44. The first-order chi connectivity index (χ1) is 26.1. The van der Waals surface area contributed by atoms with E-state index >= 15 is 0 Å². The number of aliphatic carboxylic acids is 1. The van der Waals surface area contributed by atoms with Crippen molar-refractivity contribution >= 4 is 29.8 Å². The van der Waals surface area contributed by atoms with Gasteiger partial charge in [-0.15, -0.1) is 0 Å². The van der Waals surface area contributed by atoms with E-state index in [4.69, 9.17) is 9.47 Å². The number of benzene rings is 2. The van der Waals surface area contributed by atoms with Gasteiger partial charge in [0.15, 0.2) is 0 Å². The lowest BCUT2D eigenvalue weighted by Gasteiger charge is -2.71. The number of carbonyl (C=O) groups is 5. The topological polar surface area (TPSA) is 164 Å². The number of esters is 2. The molecule has 0 unspecified atom stereocenters. The van der Waals surface area contributed by atoms with Crippen LogP contribution in [0.3, 0.4) is 0 Å². The molecule has 300 valence electrons. The van der Waals surface area contributed by atoms with Gasteiger partial charge < -0.3 is 24.8 Å². The maximum atomic E-state index is 14.1. The van der Waals surface area contributed by atoms with Crippen molar-refractivity contribution in [3.63, 3.8) is 0 Å². The van der Waals surface area contributed by atoms with E-state index in [0.29, 0.717) is 19.3 Å². The smallest absolute Gasteiger partial charge is 0.339 e. The van der Waals surface area contributed by atoms with Gasteiger partial charge >= 0.3 is 29.8 Å². The second-order valence-electron chi connectivity index (χ2n) is 19.7. The van der Waals surface area contributed by atoms with Crippen LogP contribution in [0.25, 0.3) is 0 Å². The number of fused-ring (bicyclic) bond motifs is 7. The number of carboxylic acids is 3. The Hall–Kier alpha value is -4.47. The lowest BCUT2D eigenvalue weighted by atomic mass is 9.33. The highest BCUT2D eigenvalue weighted by atomic mass is 16.6. The molecule has 3 N–H and O–H groups in total. The molecule has 0 saturated heterocycles. The maximum absolute atomic E-state index is 14.1. The number of aromatic carboxylic acids is 2. The van der Waals surface area contributed by atoms with Crippen LogP contribution in [0.2, 0.25) is 0 Å². The van der Waals surface area contributed by atoms with Crippen LogP contribution in [-0.2, 0) is 14.3 Å². The molecule has 0 aromatic heterocycles. The van der Waals surface area contributed by atoms with Crippen LogP contribution in [0, 0.1) is 50.2 Å². The van der Waals surface area contributed by atoms with Gasteiger partial charge in [-0.05, 0) is 121 Å². The molecule has 5 aliphatic carbocycles. The Labute approximate surface area is 329 Å². The second-order valence-corrected chi connectivity index (χ2v) is 19.7. The van der Waals surface area contributed by atoms with Crippen LogP contribution in [0.15, 0.2) is 60.2 Å². The minimum absolute atomic E-state index is 0.00397. The molecule has 0 aliphatic heterocycles. The quantitative estimate of drug-likeness (QED) is 0.183. The van der Waals surface area contributed by atoms with Crippen molar-refractivity contribution in [1.82, 2.24) is 0 Å². The molecule has 0 heterocycles. The predicted octanol–water partition coefficient (Wildman–Crippen LogP) is 9.33. The minimum atomic E-state index is -1.27. The number of carboxylic acid groups (broad SMARTS) is 3. The summed E-state index contributed by atoms with van der Waals surface area (Å²) >= 11 is 0. The van der Waals surface area contributed by atoms with E-state index in [-0.39, 0.29) is 56.3 Å². The summed E-state index contributed by atoms with van der Waals surface area (Å²) in [6.45, 7) is 15.6. The van der Waals surface area contributed by atoms with Crippen LogP contribution in [-0.4, -0.2) is 57.4 Å². The van der Waals surface area contributed by atoms with Crippen molar-refractivity contribution in [2.24, 2.45) is 50.2 Å². The third-order valence-corrected chi connectivity index (χ3v) is 16.2. The van der Waals surface area contributed by atoms with Gasteiger partial charge in [0.1, 0.15) is 12.2 Å². The Morgan fingerprint density at radius 3 is 1.73 bits per heavy atom. The molecule has 56 heavy (non-hydrogen) atoms. The molecule has 2 aromatic rings. The van der Waals surface area contributed by atoms with Crippen LogP contribution in [0.1, 0.15) is 148 Å². The fraction of sp³-hybridized carbons (Fsp3) is 0.587. The Balaban J connectivity index is 1.30. The summed E-state index contributed by atoms with van der Waals surface area (Å²) in [7, 11) is 0. The Morgan fingerprint density at radius 2 is 1.18 bits per heavy atom. The van der Waals surface area contributed by atoms with Crippen LogP contribution in [0.4, 0.5) is 0 Å². The number of carbonyl (C=O) groups excluding carboxylic acids is 2. The van der Waals surface area contributed by atoms with Gasteiger partial charge in [-0.1, -0.05) is 84.4 Å². The number of ether oxygens (including phenoxy) is 2. The SMILES string of the molecule is CC1(C)CC[C@]2(C(=O)O)CC[C@]3(C)C(=CC[C@@H]4[C@@]5(C)C[C@@H](OC(=O)c6ccccc6C(=O)O)[C@H](OC(=O)c6ccccc6C(=O)O)C(C)(C)[C@@H]5CC[C@]43C)[C@@H]2C1. The van der Waals surface area contributed by atoms with Crippen LogP contribution in [0.5, 0.6) is 0 Å². The monoisotopic (exact) mass is 768 g/mol. The molecule has 2 aromatic carbocycles. The van der Waals surface area contributed by atoms with E-state index in [1.807, 2.05) is 13.8 Å². The summed E-state index contributed by atoms with van der Waals surface area (Å²) in [6.07, 6.45) is 6.93. The molecule has 10 heteroatoms. The molecule has 0 radical (unpaired) electrons. The number of hydrogen-bond acceptors (Lipinski definition) is 7. The van der Waals surface area contributed by atoms with E-state index in [2.05, 4.69) is 40.7 Å². The summed E-state index contributed by atoms with van der Waals surface area (Å²) in [4.78, 5) is 65.5. The van der Waals surface area contributed by atoms with E-state index in [9.17, 15) is 39.3 Å². The standard InChI is InChI=1S/C46H56O10/c1-41(2)20-22-46(40(53)54)23-21-44(6)30(31(46)24-41)16-17-34-43(5)25-32(55-38(51)28-14-10-8-12-26(28)36(47)48)35(42(3,4)33(43)18-19-45(34,44)7)56-39(52)29-15-11-9-13-27(29)37(49)50/h8-16,31-35H,17-25H2,1-7H3,(H,47,48)(H,49,50)(H,53,54)/t31-,32+,33-,34+,35-,43-,44+,45+,46-/m0/s1. The average molecular weight is 769 g/mol. The van der Waals surface area contributed by atoms with Crippen molar-refractivity contribution in [3.05, 3.63) is 82.4 Å². The minimum Gasteiger partial charge on any atom is -0.481 e. The van der Waals surface area contributed by atoms with E-state index in [0.717, 1.165) is 38.5 Å². The zero-order chi connectivity index (χ0) is 40.8. The number of rotatable bonds is 7. The first kappa shape index (κ1) is 39.8. The maximum Gasteiger partial charge on any atom is 0.339 e. The number of allylic oxidation sites excluding steroid dienone is 2. The predicted molar refractivity (Wildman–Crippen MR) is 207 cm³/mol. The molecule has 0 bridgehead atoms. The fourth-order valence-electron chi connectivity index (χ4n) is 13.1. The summed E-state index contributed by atoms with van der Waals surface area (Å²) in [5, 5.41) is 30.6. The van der Waals surface area contributed by atoms with Crippen LogP contribution >= 0.6 is 0 Å². The zero-order valence-electron chi connectivity index (χ0n) is 33.6. The van der Waals surface area contributed by atoms with Crippen molar-refractivity contribution in [2.75, 3.05) is 0 Å². The van der Waals surface area contributed by atoms with Gasteiger partial charge in [0.2, 0.25) is 0 Å². The normalized spacial score (nSPS) is 36.6. The third-order valence-electron chi connectivity index (χ3n) is 16.2. The van der Waals surface area contributed by atoms with Gasteiger partial charge in [-0.2, -0.15) is 0 Å². The zero-order valence-corrected chi connectivity index (χ0v) is 33.6. The van der Waals surface area contributed by atoms with Gasteiger partial charge in [0.05, 0.1) is 27.7 Å².